The molecule has 0 aliphatic carbocycles. The number of unbranched alkanes of at least 4 members (excludes halogenated alkanes) is 2. The van der Waals surface area contributed by atoms with Crippen LogP contribution in [0.4, 0.5) is 0 Å². The fourth-order valence-corrected chi connectivity index (χ4v) is 3.46. The lowest BCUT2D eigenvalue weighted by molar-refractivity contribution is -0.143. The Morgan fingerprint density at radius 1 is 1.15 bits per heavy atom. The third kappa shape index (κ3) is 8.65. The molecule has 0 aliphatic heterocycles. The molecule has 0 bridgehead atoms. The molecule has 0 heterocycles. The van der Waals surface area contributed by atoms with Crippen LogP contribution in [0.5, 0.6) is 0 Å². The van der Waals surface area contributed by atoms with Crippen LogP contribution in [0.1, 0.15) is 66.2 Å². The van der Waals surface area contributed by atoms with E-state index in [0.29, 0.717) is 26.1 Å². The molecule has 20 heavy (non-hydrogen) atoms. The maximum atomic E-state index is 12.4. The molecule has 0 saturated heterocycles. The van der Waals surface area contributed by atoms with Crippen LogP contribution in [0.3, 0.4) is 0 Å². The Labute approximate surface area is 124 Å². The quantitative estimate of drug-likeness (QED) is 0.303. The summed E-state index contributed by atoms with van der Waals surface area (Å²) in [7, 11) is -1.42. The van der Waals surface area contributed by atoms with E-state index in [9.17, 15) is 9.36 Å². The Bertz CT molecular complexity index is 281. The number of carbonyl (C=O) groups excluding carboxylic acids is 1. The molecule has 0 amide bonds. The summed E-state index contributed by atoms with van der Waals surface area (Å²) in [6.45, 7) is 8.85. The largest absolute Gasteiger partial charge is 0.466 e. The molecule has 118 valence electrons. The highest BCUT2D eigenvalue weighted by Gasteiger charge is 2.35. The third-order valence-corrected chi connectivity index (χ3v) is 5.51. The van der Waals surface area contributed by atoms with Crippen molar-refractivity contribution in [1.82, 2.24) is 0 Å². The van der Waals surface area contributed by atoms with E-state index in [4.69, 9.17) is 9.47 Å². The summed E-state index contributed by atoms with van der Waals surface area (Å²) < 4.78 is 23.1. The molecular weight excluding hydrogens is 275 g/mol. The standard InChI is InChI=1S/C15H30O4P/c1-5-8-9-11-18-13(4)20(17)14(6-2)10-12-19-15(16)7-3/h13-14H,5-12H2,1-4H3/q+1. The Hall–Kier alpha value is -0.470. The summed E-state index contributed by atoms with van der Waals surface area (Å²) in [5.41, 5.74) is 0.0656. The minimum absolute atomic E-state index is 0.0656. The fraction of sp³-hybridized carbons (Fsp3) is 0.933. The van der Waals surface area contributed by atoms with Gasteiger partial charge in [-0.05, 0) is 12.8 Å². The van der Waals surface area contributed by atoms with E-state index in [1.807, 2.05) is 13.8 Å². The molecule has 0 radical (unpaired) electrons. The van der Waals surface area contributed by atoms with E-state index in [0.717, 1.165) is 25.7 Å². The van der Waals surface area contributed by atoms with Crippen LogP contribution in [0, 0.1) is 0 Å². The molecule has 0 aromatic rings. The van der Waals surface area contributed by atoms with Gasteiger partial charge in [0.2, 0.25) is 0 Å². The van der Waals surface area contributed by atoms with Crippen LogP contribution >= 0.6 is 7.80 Å². The summed E-state index contributed by atoms with van der Waals surface area (Å²) in [5, 5.41) is 0. The smallest absolute Gasteiger partial charge is 0.373 e. The van der Waals surface area contributed by atoms with Crippen molar-refractivity contribution in [2.45, 2.75) is 77.7 Å². The van der Waals surface area contributed by atoms with E-state index in [2.05, 4.69) is 6.92 Å². The van der Waals surface area contributed by atoms with Crippen molar-refractivity contribution in [3.63, 3.8) is 0 Å². The van der Waals surface area contributed by atoms with Gasteiger partial charge in [0, 0.05) is 19.8 Å². The van der Waals surface area contributed by atoms with E-state index < -0.39 is 7.80 Å². The highest BCUT2D eigenvalue weighted by Crippen LogP contribution is 2.38. The molecule has 0 N–H and O–H groups in total. The van der Waals surface area contributed by atoms with Crippen LogP contribution in [0.2, 0.25) is 0 Å². The van der Waals surface area contributed by atoms with Crippen molar-refractivity contribution in [3.05, 3.63) is 0 Å². The van der Waals surface area contributed by atoms with E-state index >= 15 is 0 Å². The Balaban J connectivity index is 4.01. The normalized spacial score (nSPS) is 14.7. The zero-order valence-corrected chi connectivity index (χ0v) is 14.3. The minimum atomic E-state index is -1.42. The van der Waals surface area contributed by atoms with E-state index in [1.54, 1.807) is 6.92 Å². The van der Waals surface area contributed by atoms with Crippen LogP contribution in [0.15, 0.2) is 0 Å². The zero-order valence-electron chi connectivity index (χ0n) is 13.4. The molecule has 3 unspecified atom stereocenters. The van der Waals surface area contributed by atoms with Gasteiger partial charge in [-0.1, -0.05) is 38.2 Å². The van der Waals surface area contributed by atoms with Crippen molar-refractivity contribution < 1.29 is 18.8 Å². The molecular formula is C15H30O4P+. The predicted molar refractivity (Wildman–Crippen MR) is 82.5 cm³/mol. The summed E-state index contributed by atoms with van der Waals surface area (Å²) in [6, 6.07) is 0. The molecule has 0 aromatic carbocycles. The van der Waals surface area contributed by atoms with Gasteiger partial charge in [0.15, 0.2) is 5.66 Å². The first kappa shape index (κ1) is 19.5. The minimum Gasteiger partial charge on any atom is -0.466 e. The first-order valence-corrected chi connectivity index (χ1v) is 9.19. The lowest BCUT2D eigenvalue weighted by atomic mass is 10.2. The fourth-order valence-electron chi connectivity index (χ4n) is 1.90. The maximum absolute atomic E-state index is 12.4. The van der Waals surface area contributed by atoms with Gasteiger partial charge in [-0.25, -0.2) is 0 Å². The summed E-state index contributed by atoms with van der Waals surface area (Å²) in [4.78, 5) is 11.1. The number of ether oxygens (including phenoxy) is 2. The zero-order chi connectivity index (χ0) is 15.4. The molecule has 0 spiro atoms. The Kier molecular flexibility index (Phi) is 12.0. The van der Waals surface area contributed by atoms with Crippen molar-refractivity contribution in [3.8, 4) is 0 Å². The molecule has 4 nitrogen and oxygen atoms in total. The number of hydrogen-bond donors (Lipinski definition) is 0. The Morgan fingerprint density at radius 3 is 2.40 bits per heavy atom. The van der Waals surface area contributed by atoms with Gasteiger partial charge in [0.25, 0.3) is 5.85 Å². The first-order valence-electron chi connectivity index (χ1n) is 7.79. The van der Waals surface area contributed by atoms with Gasteiger partial charge in [0.1, 0.15) is 0 Å². The van der Waals surface area contributed by atoms with Crippen molar-refractivity contribution in [1.29, 1.82) is 0 Å². The monoisotopic (exact) mass is 305 g/mol. The molecule has 0 aromatic heterocycles. The lowest BCUT2D eigenvalue weighted by Gasteiger charge is -2.10. The highest BCUT2D eigenvalue weighted by atomic mass is 31.1. The summed E-state index contributed by atoms with van der Waals surface area (Å²) in [5.74, 6) is -0.410. The van der Waals surface area contributed by atoms with Crippen molar-refractivity contribution >= 4 is 13.8 Å². The van der Waals surface area contributed by atoms with Crippen molar-refractivity contribution in [2.75, 3.05) is 13.2 Å². The number of hydrogen-bond acceptors (Lipinski definition) is 4. The average molecular weight is 305 g/mol. The molecule has 0 aliphatic rings. The summed E-state index contributed by atoms with van der Waals surface area (Å²) >= 11 is 0. The Morgan fingerprint density at radius 2 is 1.85 bits per heavy atom. The van der Waals surface area contributed by atoms with E-state index in [-0.39, 0.29) is 17.5 Å². The molecule has 5 heteroatoms. The van der Waals surface area contributed by atoms with Gasteiger partial charge in [0.05, 0.1) is 13.2 Å². The van der Waals surface area contributed by atoms with Gasteiger partial charge >= 0.3 is 13.8 Å². The second-order valence-electron chi connectivity index (χ2n) is 4.96. The maximum Gasteiger partial charge on any atom is 0.373 e. The van der Waals surface area contributed by atoms with Gasteiger partial charge in [-0.15, -0.1) is 0 Å². The number of rotatable bonds is 12. The molecule has 0 rings (SSSR count). The highest BCUT2D eigenvalue weighted by molar-refractivity contribution is 7.46. The first-order chi connectivity index (χ1) is 9.56. The van der Waals surface area contributed by atoms with Gasteiger partial charge < -0.3 is 9.47 Å². The summed E-state index contributed by atoms with van der Waals surface area (Å²) in [6.07, 6.45) is 5.19. The number of esters is 1. The van der Waals surface area contributed by atoms with E-state index in [1.165, 1.54) is 0 Å². The lowest BCUT2D eigenvalue weighted by Crippen LogP contribution is -2.15. The average Bonchev–Trinajstić information content (AvgIpc) is 2.46. The second kappa shape index (κ2) is 12.3. The van der Waals surface area contributed by atoms with Gasteiger partial charge in [-0.2, -0.15) is 0 Å². The second-order valence-corrected chi connectivity index (χ2v) is 7.14. The molecule has 0 fully saturated rings. The third-order valence-electron chi connectivity index (χ3n) is 3.30. The predicted octanol–water partition coefficient (Wildman–Crippen LogP) is 4.49. The van der Waals surface area contributed by atoms with Crippen LogP contribution < -0.4 is 0 Å². The topological polar surface area (TPSA) is 52.6 Å². The number of carbonyl (C=O) groups is 1. The SMILES string of the molecule is CCCCCOC(C)[P+](=O)C(CC)CCOC(=O)CC. The van der Waals surface area contributed by atoms with Gasteiger partial charge in [-0.3, -0.25) is 4.79 Å². The van der Waals surface area contributed by atoms with Crippen LogP contribution in [-0.2, 0) is 18.8 Å². The molecule has 0 saturated carbocycles. The van der Waals surface area contributed by atoms with Crippen LogP contribution in [0.25, 0.3) is 0 Å². The molecule has 3 atom stereocenters. The van der Waals surface area contributed by atoms with Crippen LogP contribution in [-0.4, -0.2) is 30.7 Å². The van der Waals surface area contributed by atoms with Crippen molar-refractivity contribution in [2.24, 2.45) is 0 Å².